The van der Waals surface area contributed by atoms with E-state index < -0.39 is 0 Å². The van der Waals surface area contributed by atoms with E-state index in [9.17, 15) is 0 Å². The van der Waals surface area contributed by atoms with Crippen molar-refractivity contribution in [2.45, 2.75) is 25.3 Å². The standard InChI is InChI=1S/C15H24N2O/c1-17(12-14-4-3-10-16-14)11-9-13-5-7-15(18-2)8-6-13/h5-8,14,16H,3-4,9-12H2,1-2H3. The highest BCUT2D eigenvalue weighted by molar-refractivity contribution is 5.27. The normalized spacial score (nSPS) is 19.4. The minimum Gasteiger partial charge on any atom is -0.497 e. The first-order chi connectivity index (χ1) is 8.78. The molecule has 1 atom stereocenters. The first-order valence-corrected chi connectivity index (χ1v) is 6.83. The average molecular weight is 248 g/mol. The lowest BCUT2D eigenvalue weighted by Gasteiger charge is -2.21. The third-order valence-corrected chi connectivity index (χ3v) is 3.64. The van der Waals surface area contributed by atoms with Crippen molar-refractivity contribution in [3.63, 3.8) is 0 Å². The molecule has 1 N–H and O–H groups in total. The van der Waals surface area contributed by atoms with Crippen LogP contribution in [0.15, 0.2) is 24.3 Å². The van der Waals surface area contributed by atoms with Gasteiger partial charge in [0.2, 0.25) is 0 Å². The second-order valence-corrected chi connectivity index (χ2v) is 5.15. The van der Waals surface area contributed by atoms with Crippen LogP contribution in [-0.2, 0) is 6.42 Å². The minimum absolute atomic E-state index is 0.700. The van der Waals surface area contributed by atoms with Crippen LogP contribution in [-0.4, -0.2) is 44.7 Å². The van der Waals surface area contributed by atoms with Crippen LogP contribution < -0.4 is 10.1 Å². The lowest BCUT2D eigenvalue weighted by atomic mass is 10.1. The fraction of sp³-hybridized carbons (Fsp3) is 0.600. The Morgan fingerprint density at radius 1 is 1.33 bits per heavy atom. The van der Waals surface area contributed by atoms with Crippen LogP contribution in [0.3, 0.4) is 0 Å². The van der Waals surface area contributed by atoms with Gasteiger partial charge >= 0.3 is 0 Å². The van der Waals surface area contributed by atoms with Gasteiger partial charge in [-0.15, -0.1) is 0 Å². The third kappa shape index (κ3) is 4.00. The molecule has 0 radical (unpaired) electrons. The predicted octanol–water partition coefficient (Wildman–Crippen LogP) is 1.92. The molecule has 1 aromatic carbocycles. The van der Waals surface area contributed by atoms with E-state index in [0.29, 0.717) is 6.04 Å². The topological polar surface area (TPSA) is 24.5 Å². The number of hydrogen-bond acceptors (Lipinski definition) is 3. The predicted molar refractivity (Wildman–Crippen MR) is 75.2 cm³/mol. The summed E-state index contributed by atoms with van der Waals surface area (Å²) in [4.78, 5) is 2.42. The van der Waals surface area contributed by atoms with E-state index in [1.807, 2.05) is 12.1 Å². The number of ether oxygens (including phenoxy) is 1. The third-order valence-electron chi connectivity index (χ3n) is 3.64. The van der Waals surface area contributed by atoms with Crippen molar-refractivity contribution in [3.05, 3.63) is 29.8 Å². The molecule has 18 heavy (non-hydrogen) atoms. The fourth-order valence-corrected chi connectivity index (χ4v) is 2.49. The Kier molecular flexibility index (Phi) is 5.02. The molecule has 1 aliphatic heterocycles. The number of likely N-dealkylation sites (N-methyl/N-ethyl adjacent to an activating group) is 1. The van der Waals surface area contributed by atoms with Crippen molar-refractivity contribution in [1.82, 2.24) is 10.2 Å². The smallest absolute Gasteiger partial charge is 0.118 e. The molecule has 1 fully saturated rings. The van der Waals surface area contributed by atoms with Gasteiger partial charge < -0.3 is 15.0 Å². The SMILES string of the molecule is COc1ccc(CCN(C)CC2CCCN2)cc1. The van der Waals surface area contributed by atoms with Crippen LogP contribution >= 0.6 is 0 Å². The molecule has 0 amide bonds. The molecule has 1 aliphatic rings. The van der Waals surface area contributed by atoms with Gasteiger partial charge in [-0.3, -0.25) is 0 Å². The highest BCUT2D eigenvalue weighted by Gasteiger charge is 2.15. The van der Waals surface area contributed by atoms with E-state index in [2.05, 4.69) is 29.4 Å². The van der Waals surface area contributed by atoms with E-state index in [1.54, 1.807) is 7.11 Å². The summed E-state index contributed by atoms with van der Waals surface area (Å²) in [5.41, 5.74) is 1.38. The van der Waals surface area contributed by atoms with Gasteiger partial charge in [-0.2, -0.15) is 0 Å². The monoisotopic (exact) mass is 248 g/mol. The molecule has 100 valence electrons. The van der Waals surface area contributed by atoms with Crippen LogP contribution in [0.1, 0.15) is 18.4 Å². The molecule has 3 heteroatoms. The molecule has 1 saturated heterocycles. The van der Waals surface area contributed by atoms with Crippen molar-refractivity contribution >= 4 is 0 Å². The van der Waals surface area contributed by atoms with Crippen molar-refractivity contribution in [2.24, 2.45) is 0 Å². The van der Waals surface area contributed by atoms with Crippen LogP contribution in [0.25, 0.3) is 0 Å². The van der Waals surface area contributed by atoms with E-state index in [1.165, 1.54) is 24.9 Å². The number of rotatable bonds is 6. The molecule has 0 saturated carbocycles. The minimum atomic E-state index is 0.700. The maximum atomic E-state index is 5.16. The summed E-state index contributed by atoms with van der Waals surface area (Å²) in [6.45, 7) is 3.47. The summed E-state index contributed by atoms with van der Waals surface area (Å²) in [5, 5.41) is 3.54. The number of nitrogens with one attached hydrogen (secondary N) is 1. The summed E-state index contributed by atoms with van der Waals surface area (Å²) >= 11 is 0. The Morgan fingerprint density at radius 2 is 2.11 bits per heavy atom. The van der Waals surface area contributed by atoms with Crippen LogP contribution in [0.2, 0.25) is 0 Å². The van der Waals surface area contributed by atoms with Gasteiger partial charge in [-0.1, -0.05) is 12.1 Å². The summed E-state index contributed by atoms with van der Waals surface area (Å²) in [5.74, 6) is 0.933. The lowest BCUT2D eigenvalue weighted by molar-refractivity contribution is 0.303. The van der Waals surface area contributed by atoms with Gasteiger partial charge in [0.05, 0.1) is 7.11 Å². The molecular weight excluding hydrogens is 224 g/mol. The fourth-order valence-electron chi connectivity index (χ4n) is 2.49. The van der Waals surface area contributed by atoms with Crippen LogP contribution in [0.5, 0.6) is 5.75 Å². The van der Waals surface area contributed by atoms with Gasteiger partial charge in [-0.05, 0) is 50.6 Å². The number of methoxy groups -OCH3 is 1. The highest BCUT2D eigenvalue weighted by Crippen LogP contribution is 2.12. The lowest BCUT2D eigenvalue weighted by Crippen LogP contribution is -2.36. The maximum absolute atomic E-state index is 5.16. The molecule has 1 aromatic rings. The summed E-state index contributed by atoms with van der Waals surface area (Å²) in [6.07, 6.45) is 3.76. The largest absolute Gasteiger partial charge is 0.497 e. The Hall–Kier alpha value is -1.06. The summed E-state index contributed by atoms with van der Waals surface area (Å²) < 4.78 is 5.16. The van der Waals surface area contributed by atoms with Crippen molar-refractivity contribution in [1.29, 1.82) is 0 Å². The van der Waals surface area contributed by atoms with Crippen molar-refractivity contribution < 1.29 is 4.74 Å². The van der Waals surface area contributed by atoms with Crippen molar-refractivity contribution in [2.75, 3.05) is 33.8 Å². The molecule has 2 rings (SSSR count). The Morgan fingerprint density at radius 3 is 2.72 bits per heavy atom. The molecule has 3 nitrogen and oxygen atoms in total. The summed E-state index contributed by atoms with van der Waals surface area (Å²) in [6, 6.07) is 9.08. The number of nitrogens with zero attached hydrogens (tertiary/aromatic N) is 1. The zero-order chi connectivity index (χ0) is 12.8. The van der Waals surface area contributed by atoms with E-state index >= 15 is 0 Å². The zero-order valence-electron chi connectivity index (χ0n) is 11.5. The average Bonchev–Trinajstić information content (AvgIpc) is 2.90. The molecule has 0 spiro atoms. The Balaban J connectivity index is 1.72. The van der Waals surface area contributed by atoms with E-state index in [4.69, 9.17) is 4.74 Å². The van der Waals surface area contributed by atoms with E-state index in [-0.39, 0.29) is 0 Å². The molecule has 0 aliphatic carbocycles. The Bertz CT molecular complexity index is 344. The highest BCUT2D eigenvalue weighted by atomic mass is 16.5. The van der Waals surface area contributed by atoms with E-state index in [0.717, 1.165) is 25.3 Å². The van der Waals surface area contributed by atoms with Crippen LogP contribution in [0, 0.1) is 0 Å². The second kappa shape index (κ2) is 6.76. The van der Waals surface area contributed by atoms with Crippen molar-refractivity contribution in [3.8, 4) is 5.75 Å². The molecule has 1 unspecified atom stereocenters. The van der Waals surface area contributed by atoms with Gasteiger partial charge in [-0.25, -0.2) is 0 Å². The second-order valence-electron chi connectivity index (χ2n) is 5.15. The number of hydrogen-bond donors (Lipinski definition) is 1. The quantitative estimate of drug-likeness (QED) is 0.832. The van der Waals surface area contributed by atoms with Gasteiger partial charge in [0.15, 0.2) is 0 Å². The molecule has 1 heterocycles. The van der Waals surface area contributed by atoms with Gasteiger partial charge in [0.25, 0.3) is 0 Å². The molecular formula is C15H24N2O. The summed E-state index contributed by atoms with van der Waals surface area (Å²) in [7, 11) is 3.92. The first kappa shape index (κ1) is 13.4. The number of benzene rings is 1. The first-order valence-electron chi connectivity index (χ1n) is 6.83. The molecule has 0 aromatic heterocycles. The maximum Gasteiger partial charge on any atom is 0.118 e. The van der Waals surface area contributed by atoms with Gasteiger partial charge in [0.1, 0.15) is 5.75 Å². The molecule has 0 bridgehead atoms. The van der Waals surface area contributed by atoms with Gasteiger partial charge in [0, 0.05) is 19.1 Å². The Labute approximate surface area is 110 Å². The zero-order valence-corrected chi connectivity index (χ0v) is 11.5. The van der Waals surface area contributed by atoms with Crippen LogP contribution in [0.4, 0.5) is 0 Å².